The summed E-state index contributed by atoms with van der Waals surface area (Å²) in [6.07, 6.45) is 0. The molecule has 0 unspecified atom stereocenters. The fourth-order valence-electron chi connectivity index (χ4n) is 2.89. The number of aromatic nitrogens is 2. The molecule has 1 heterocycles. The minimum absolute atomic E-state index is 0.161. The zero-order valence-corrected chi connectivity index (χ0v) is 16.8. The van der Waals surface area contributed by atoms with Gasteiger partial charge in [0.15, 0.2) is 5.82 Å². The lowest BCUT2D eigenvalue weighted by Gasteiger charge is -2.13. The van der Waals surface area contributed by atoms with Gasteiger partial charge in [0.1, 0.15) is 0 Å². The number of nitrogens with one attached hydrogen (secondary N) is 2. The standard InChI is InChI=1S/C22H23N5O3/c1-26(2)14-15-27-19-8-4-3-7-18(19)24-20(27)22(29)23-13-5-6-16-9-11-17(12-10-16)21(28)25-30/h3-4,7-12,30H,13-15H2,1-2H3,(H,23,29)(H,25,28). The maximum atomic E-state index is 12.7. The highest BCUT2D eigenvalue weighted by atomic mass is 16.5. The van der Waals surface area contributed by atoms with Crippen molar-refractivity contribution in [2.75, 3.05) is 27.2 Å². The molecule has 8 nitrogen and oxygen atoms in total. The third kappa shape index (κ3) is 5.03. The molecule has 3 N–H and O–H groups in total. The SMILES string of the molecule is CN(C)CCn1c(C(=O)NCC#Cc2ccc(C(=O)NO)cc2)nc2ccccc21. The molecule has 2 aromatic carbocycles. The third-order valence-corrected chi connectivity index (χ3v) is 4.45. The van der Waals surface area contributed by atoms with Crippen molar-refractivity contribution in [3.8, 4) is 11.8 Å². The summed E-state index contributed by atoms with van der Waals surface area (Å²) < 4.78 is 1.92. The molecule has 0 spiro atoms. The second kappa shape index (κ2) is 9.69. The van der Waals surface area contributed by atoms with Crippen LogP contribution in [0, 0.1) is 11.8 Å². The van der Waals surface area contributed by atoms with E-state index in [4.69, 9.17) is 5.21 Å². The van der Waals surface area contributed by atoms with Crippen molar-refractivity contribution in [1.82, 2.24) is 25.2 Å². The molecule has 0 saturated heterocycles. The molecule has 0 aliphatic rings. The lowest BCUT2D eigenvalue weighted by molar-refractivity contribution is 0.0706. The van der Waals surface area contributed by atoms with Gasteiger partial charge in [0.2, 0.25) is 0 Å². The van der Waals surface area contributed by atoms with Crippen molar-refractivity contribution in [2.45, 2.75) is 6.54 Å². The van der Waals surface area contributed by atoms with Crippen molar-refractivity contribution in [1.29, 1.82) is 0 Å². The number of carbonyl (C=O) groups is 2. The van der Waals surface area contributed by atoms with Gasteiger partial charge in [0, 0.05) is 24.2 Å². The van der Waals surface area contributed by atoms with Gasteiger partial charge < -0.3 is 14.8 Å². The molecule has 0 atom stereocenters. The van der Waals surface area contributed by atoms with Crippen LogP contribution in [-0.4, -0.2) is 58.7 Å². The number of amides is 2. The van der Waals surface area contributed by atoms with Crippen molar-refractivity contribution >= 4 is 22.8 Å². The van der Waals surface area contributed by atoms with Crippen LogP contribution < -0.4 is 10.8 Å². The van der Waals surface area contributed by atoms with Crippen LogP contribution in [0.25, 0.3) is 11.0 Å². The van der Waals surface area contributed by atoms with E-state index in [0.717, 1.165) is 17.6 Å². The first-order valence-corrected chi connectivity index (χ1v) is 9.41. The fraction of sp³-hybridized carbons (Fsp3) is 0.227. The van der Waals surface area contributed by atoms with E-state index in [9.17, 15) is 9.59 Å². The summed E-state index contributed by atoms with van der Waals surface area (Å²) in [6, 6.07) is 14.1. The Hall–Kier alpha value is -3.67. The topological polar surface area (TPSA) is 99.5 Å². The Labute approximate surface area is 174 Å². The van der Waals surface area contributed by atoms with E-state index >= 15 is 0 Å². The predicted octanol–water partition coefficient (Wildman–Crippen LogP) is 1.50. The highest BCUT2D eigenvalue weighted by Gasteiger charge is 2.16. The molecule has 2 amide bonds. The van der Waals surface area contributed by atoms with Gasteiger partial charge >= 0.3 is 0 Å². The van der Waals surface area contributed by atoms with E-state index < -0.39 is 5.91 Å². The number of rotatable bonds is 6. The Bertz CT molecular complexity index is 1110. The number of hydrogen-bond donors (Lipinski definition) is 3. The maximum absolute atomic E-state index is 12.7. The summed E-state index contributed by atoms with van der Waals surface area (Å²) in [5.41, 5.74) is 4.29. The molecule has 3 rings (SSSR count). The number of para-hydroxylation sites is 2. The number of nitrogens with zero attached hydrogens (tertiary/aromatic N) is 3. The first-order chi connectivity index (χ1) is 14.5. The van der Waals surface area contributed by atoms with Crippen LogP contribution in [0.5, 0.6) is 0 Å². The second-order valence-electron chi connectivity index (χ2n) is 6.88. The second-order valence-corrected chi connectivity index (χ2v) is 6.88. The van der Waals surface area contributed by atoms with Crippen molar-refractivity contribution in [3.63, 3.8) is 0 Å². The molecule has 0 bridgehead atoms. The zero-order chi connectivity index (χ0) is 21.5. The molecule has 0 aliphatic heterocycles. The summed E-state index contributed by atoms with van der Waals surface area (Å²) in [5.74, 6) is 5.31. The van der Waals surface area contributed by atoms with Crippen LogP contribution in [-0.2, 0) is 6.54 Å². The van der Waals surface area contributed by atoms with Gasteiger partial charge in [0.25, 0.3) is 11.8 Å². The summed E-state index contributed by atoms with van der Waals surface area (Å²) in [7, 11) is 3.97. The third-order valence-electron chi connectivity index (χ3n) is 4.45. The van der Waals surface area contributed by atoms with Crippen molar-refractivity contribution in [2.24, 2.45) is 0 Å². The number of benzene rings is 2. The Kier molecular flexibility index (Phi) is 6.80. The molecular weight excluding hydrogens is 382 g/mol. The van der Waals surface area contributed by atoms with E-state index in [1.807, 2.05) is 42.9 Å². The lowest BCUT2D eigenvalue weighted by atomic mass is 10.1. The van der Waals surface area contributed by atoms with Crippen molar-refractivity contribution < 1.29 is 14.8 Å². The average molecular weight is 405 g/mol. The van der Waals surface area contributed by atoms with Crippen molar-refractivity contribution in [3.05, 3.63) is 65.5 Å². The highest BCUT2D eigenvalue weighted by Crippen LogP contribution is 2.16. The van der Waals surface area contributed by atoms with Gasteiger partial charge in [-0.1, -0.05) is 24.0 Å². The number of hydrogen-bond acceptors (Lipinski definition) is 5. The summed E-state index contributed by atoms with van der Waals surface area (Å²) in [5, 5.41) is 11.4. The Morgan fingerprint density at radius 3 is 2.53 bits per heavy atom. The molecule has 0 aliphatic carbocycles. The number of carbonyl (C=O) groups excluding carboxylic acids is 2. The highest BCUT2D eigenvalue weighted by molar-refractivity contribution is 5.95. The van der Waals surface area contributed by atoms with Gasteiger partial charge in [-0.25, -0.2) is 10.5 Å². The van der Waals surface area contributed by atoms with Gasteiger partial charge in [-0.15, -0.1) is 0 Å². The van der Waals surface area contributed by atoms with Crippen LogP contribution in [0.3, 0.4) is 0 Å². The fourth-order valence-corrected chi connectivity index (χ4v) is 2.89. The van der Waals surface area contributed by atoms with Crippen LogP contribution >= 0.6 is 0 Å². The van der Waals surface area contributed by atoms with Gasteiger partial charge in [0.05, 0.1) is 17.6 Å². The molecular formula is C22H23N5O3. The molecule has 154 valence electrons. The van der Waals surface area contributed by atoms with Crippen LogP contribution in [0.4, 0.5) is 0 Å². The van der Waals surface area contributed by atoms with E-state index in [1.165, 1.54) is 0 Å². The molecule has 3 aromatic rings. The maximum Gasteiger partial charge on any atom is 0.288 e. The number of hydroxylamine groups is 1. The first kappa shape index (κ1) is 21.0. The molecule has 0 saturated carbocycles. The quantitative estimate of drug-likeness (QED) is 0.328. The number of imidazole rings is 1. The van der Waals surface area contributed by atoms with E-state index in [2.05, 4.69) is 27.0 Å². The van der Waals surface area contributed by atoms with Gasteiger partial charge in [-0.2, -0.15) is 0 Å². The minimum Gasteiger partial charge on any atom is -0.338 e. The number of fused-ring (bicyclic) bond motifs is 1. The summed E-state index contributed by atoms with van der Waals surface area (Å²) >= 11 is 0. The van der Waals surface area contributed by atoms with Crippen LogP contribution in [0.2, 0.25) is 0 Å². The zero-order valence-electron chi connectivity index (χ0n) is 16.8. The normalized spacial score (nSPS) is 10.5. The first-order valence-electron chi connectivity index (χ1n) is 9.41. The predicted molar refractivity (Wildman–Crippen MR) is 113 cm³/mol. The number of likely N-dealkylation sites (N-methyl/N-ethyl adjacent to an activating group) is 1. The summed E-state index contributed by atoms with van der Waals surface area (Å²) in [6.45, 7) is 1.59. The molecule has 0 radical (unpaired) electrons. The monoisotopic (exact) mass is 405 g/mol. The summed E-state index contributed by atoms with van der Waals surface area (Å²) in [4.78, 5) is 30.6. The molecule has 30 heavy (non-hydrogen) atoms. The largest absolute Gasteiger partial charge is 0.338 e. The molecule has 8 heteroatoms. The van der Waals surface area contributed by atoms with Gasteiger partial charge in [-0.3, -0.25) is 14.8 Å². The van der Waals surface area contributed by atoms with E-state index in [-0.39, 0.29) is 12.5 Å². The average Bonchev–Trinajstić information content (AvgIpc) is 3.13. The van der Waals surface area contributed by atoms with Gasteiger partial charge in [-0.05, 0) is 50.5 Å². The van der Waals surface area contributed by atoms with E-state index in [1.54, 1.807) is 29.7 Å². The van der Waals surface area contributed by atoms with Crippen LogP contribution in [0.15, 0.2) is 48.5 Å². The Morgan fingerprint density at radius 1 is 1.10 bits per heavy atom. The molecule has 1 aromatic heterocycles. The Balaban J connectivity index is 1.68. The lowest BCUT2D eigenvalue weighted by Crippen LogP contribution is -2.28. The smallest absolute Gasteiger partial charge is 0.288 e. The van der Waals surface area contributed by atoms with E-state index in [0.29, 0.717) is 23.5 Å². The minimum atomic E-state index is -0.584. The van der Waals surface area contributed by atoms with Crippen LogP contribution in [0.1, 0.15) is 26.5 Å². The molecule has 0 fully saturated rings. The Morgan fingerprint density at radius 2 is 1.83 bits per heavy atom.